The van der Waals surface area contributed by atoms with Crippen LogP contribution in [0.1, 0.15) is 17.9 Å². The summed E-state index contributed by atoms with van der Waals surface area (Å²) < 4.78 is 27.8. The van der Waals surface area contributed by atoms with E-state index in [1.807, 2.05) is 0 Å². The molecule has 7 nitrogen and oxygen atoms in total. The summed E-state index contributed by atoms with van der Waals surface area (Å²) in [6, 6.07) is 10.4. The molecule has 0 saturated carbocycles. The number of fused-ring (bicyclic) bond motifs is 2. The first kappa shape index (κ1) is 15.6. The Bertz CT molecular complexity index is 1070. The molecule has 1 aromatic carbocycles. The molecule has 3 aromatic rings. The summed E-state index contributed by atoms with van der Waals surface area (Å²) in [4.78, 5) is 18.3. The maximum atomic E-state index is 13.2. The zero-order chi connectivity index (χ0) is 17.6. The number of aromatic nitrogens is 2. The maximum Gasteiger partial charge on any atom is 0.304 e. The van der Waals surface area contributed by atoms with E-state index < -0.39 is 16.0 Å². The van der Waals surface area contributed by atoms with Crippen LogP contribution in [0.25, 0.3) is 11.0 Å². The minimum atomic E-state index is -3.83. The van der Waals surface area contributed by atoms with Crippen LogP contribution in [0.2, 0.25) is 0 Å². The van der Waals surface area contributed by atoms with Crippen molar-refractivity contribution in [2.75, 3.05) is 10.8 Å². The third kappa shape index (κ3) is 2.45. The molecule has 0 fully saturated rings. The van der Waals surface area contributed by atoms with Gasteiger partial charge in [0.05, 0.1) is 12.1 Å². The number of hydrogen-bond acceptors (Lipinski definition) is 4. The molecule has 8 heteroatoms. The van der Waals surface area contributed by atoms with Gasteiger partial charge in [-0.15, -0.1) is 0 Å². The maximum absolute atomic E-state index is 13.2. The van der Waals surface area contributed by atoms with Crippen molar-refractivity contribution >= 4 is 32.7 Å². The van der Waals surface area contributed by atoms with E-state index >= 15 is 0 Å². The Morgan fingerprint density at radius 1 is 1.28 bits per heavy atom. The van der Waals surface area contributed by atoms with Gasteiger partial charge in [0.15, 0.2) is 0 Å². The van der Waals surface area contributed by atoms with Crippen LogP contribution in [-0.4, -0.2) is 36.0 Å². The van der Waals surface area contributed by atoms with Gasteiger partial charge in [0.1, 0.15) is 10.5 Å². The van der Waals surface area contributed by atoms with Crippen molar-refractivity contribution in [3.63, 3.8) is 0 Å². The molecule has 128 valence electrons. The highest BCUT2D eigenvalue weighted by Gasteiger charge is 2.38. The number of benzene rings is 1. The van der Waals surface area contributed by atoms with Crippen molar-refractivity contribution in [2.45, 2.75) is 17.2 Å². The minimum absolute atomic E-state index is 0.112. The summed E-state index contributed by atoms with van der Waals surface area (Å²) >= 11 is 0. The largest absolute Gasteiger partial charge is 0.481 e. The summed E-state index contributed by atoms with van der Waals surface area (Å²) in [5.41, 5.74) is 1.77. The molecule has 2 N–H and O–H groups in total. The lowest BCUT2D eigenvalue weighted by molar-refractivity contribution is -0.137. The van der Waals surface area contributed by atoms with E-state index in [-0.39, 0.29) is 23.8 Å². The first-order valence-corrected chi connectivity index (χ1v) is 9.18. The summed E-state index contributed by atoms with van der Waals surface area (Å²) in [7, 11) is -3.83. The second kappa shape index (κ2) is 5.59. The van der Waals surface area contributed by atoms with E-state index in [9.17, 15) is 13.2 Å². The van der Waals surface area contributed by atoms with Gasteiger partial charge in [-0.25, -0.2) is 13.4 Å². The van der Waals surface area contributed by atoms with Gasteiger partial charge in [0.2, 0.25) is 0 Å². The highest BCUT2D eigenvalue weighted by molar-refractivity contribution is 7.93. The zero-order valence-electron chi connectivity index (χ0n) is 13.1. The fourth-order valence-electron chi connectivity index (χ4n) is 3.33. The number of rotatable bonds is 4. The average molecular weight is 357 g/mol. The van der Waals surface area contributed by atoms with Crippen molar-refractivity contribution in [2.24, 2.45) is 0 Å². The summed E-state index contributed by atoms with van der Waals surface area (Å²) in [6.07, 6.45) is 2.90. The number of hydrogen-bond donors (Lipinski definition) is 2. The van der Waals surface area contributed by atoms with Gasteiger partial charge in [-0.2, -0.15) is 0 Å². The molecule has 3 heterocycles. The second-order valence-electron chi connectivity index (χ2n) is 5.94. The van der Waals surface area contributed by atoms with Gasteiger partial charge >= 0.3 is 5.97 Å². The Labute approximate surface area is 144 Å². The van der Waals surface area contributed by atoms with Crippen molar-refractivity contribution in [1.29, 1.82) is 0 Å². The smallest absolute Gasteiger partial charge is 0.304 e. The Hall–Kier alpha value is -2.87. The summed E-state index contributed by atoms with van der Waals surface area (Å²) in [6.45, 7) is 0.112. The number of H-pyrrole nitrogens is 1. The molecule has 0 aliphatic carbocycles. The van der Waals surface area contributed by atoms with Crippen LogP contribution in [-0.2, 0) is 14.8 Å². The fraction of sp³-hybridized carbons (Fsp3) is 0.176. The quantitative estimate of drug-likeness (QED) is 0.746. The van der Waals surface area contributed by atoms with Crippen LogP contribution in [0.3, 0.4) is 0 Å². The van der Waals surface area contributed by atoms with E-state index in [1.54, 1.807) is 42.6 Å². The minimum Gasteiger partial charge on any atom is -0.481 e. The number of nitrogens with zero attached hydrogens (tertiary/aromatic N) is 2. The van der Waals surface area contributed by atoms with E-state index in [4.69, 9.17) is 5.11 Å². The molecule has 0 amide bonds. The number of sulfonamides is 1. The van der Waals surface area contributed by atoms with Crippen LogP contribution < -0.4 is 4.31 Å². The summed E-state index contributed by atoms with van der Waals surface area (Å²) in [5.74, 6) is -1.32. The molecule has 0 spiro atoms. The number of carboxylic acids is 1. The van der Waals surface area contributed by atoms with E-state index in [1.165, 1.54) is 10.5 Å². The van der Waals surface area contributed by atoms with Crippen molar-refractivity contribution in [3.05, 3.63) is 54.4 Å². The molecule has 0 bridgehead atoms. The van der Waals surface area contributed by atoms with Gasteiger partial charge in [0.25, 0.3) is 10.0 Å². The van der Waals surface area contributed by atoms with Crippen LogP contribution in [0.4, 0.5) is 5.69 Å². The fourth-order valence-corrected chi connectivity index (χ4v) is 5.02. The van der Waals surface area contributed by atoms with Crippen molar-refractivity contribution in [3.8, 4) is 0 Å². The SMILES string of the molecule is O=C(O)C[C@@H]1CN(S(=O)(=O)c2c[nH]c3ncccc23)c2ccccc21. The number of para-hydroxylation sites is 1. The molecule has 1 aliphatic heterocycles. The third-order valence-corrected chi connectivity index (χ3v) is 6.25. The van der Waals surface area contributed by atoms with Crippen LogP contribution in [0, 0.1) is 0 Å². The number of carboxylic acid groups (broad SMARTS) is 1. The first-order chi connectivity index (χ1) is 12.0. The van der Waals surface area contributed by atoms with Crippen LogP contribution in [0.5, 0.6) is 0 Å². The predicted octanol–water partition coefficient (Wildman–Crippen LogP) is 2.33. The Morgan fingerprint density at radius 3 is 2.88 bits per heavy atom. The van der Waals surface area contributed by atoms with Crippen molar-refractivity contribution < 1.29 is 18.3 Å². The predicted molar refractivity (Wildman–Crippen MR) is 92.1 cm³/mol. The molecule has 1 aliphatic rings. The van der Waals surface area contributed by atoms with Crippen LogP contribution in [0.15, 0.2) is 53.7 Å². The third-order valence-electron chi connectivity index (χ3n) is 4.43. The Morgan fingerprint density at radius 2 is 2.08 bits per heavy atom. The molecule has 0 saturated heterocycles. The monoisotopic (exact) mass is 357 g/mol. The second-order valence-corrected chi connectivity index (χ2v) is 7.77. The lowest BCUT2D eigenvalue weighted by Gasteiger charge is -2.19. The number of anilines is 1. The van der Waals surface area contributed by atoms with Crippen LogP contribution >= 0.6 is 0 Å². The number of pyridine rings is 1. The normalized spacial score (nSPS) is 17.0. The molecule has 25 heavy (non-hydrogen) atoms. The van der Waals surface area contributed by atoms with Gasteiger partial charge in [-0.3, -0.25) is 9.10 Å². The molecule has 2 aromatic heterocycles. The highest BCUT2D eigenvalue weighted by Crippen LogP contribution is 2.41. The highest BCUT2D eigenvalue weighted by atomic mass is 32.2. The number of nitrogens with one attached hydrogen (secondary N) is 1. The first-order valence-electron chi connectivity index (χ1n) is 7.74. The molecule has 4 rings (SSSR count). The number of aromatic amines is 1. The molecular weight excluding hydrogens is 342 g/mol. The van der Waals surface area contributed by atoms with Crippen molar-refractivity contribution in [1.82, 2.24) is 9.97 Å². The van der Waals surface area contributed by atoms with E-state index in [2.05, 4.69) is 9.97 Å². The average Bonchev–Trinajstić information content (AvgIpc) is 3.17. The molecule has 1 atom stereocenters. The van der Waals surface area contributed by atoms with Gasteiger partial charge < -0.3 is 10.1 Å². The molecule has 0 unspecified atom stereocenters. The van der Waals surface area contributed by atoms with E-state index in [0.29, 0.717) is 16.7 Å². The zero-order valence-corrected chi connectivity index (χ0v) is 13.9. The molecular formula is C17H15N3O4S. The topological polar surface area (TPSA) is 103 Å². The summed E-state index contributed by atoms with van der Waals surface area (Å²) in [5, 5.41) is 9.65. The van der Waals surface area contributed by atoms with E-state index in [0.717, 1.165) is 5.56 Å². The standard InChI is InChI=1S/C17H15N3O4S/c21-16(22)8-11-10-20(14-6-2-1-4-12(11)14)25(23,24)15-9-19-17-13(15)5-3-7-18-17/h1-7,9,11H,8,10H2,(H,18,19)(H,21,22)/t11-/m1/s1. The Balaban J connectivity index is 1.82. The lowest BCUT2D eigenvalue weighted by atomic mass is 9.98. The van der Waals surface area contributed by atoms with Gasteiger partial charge in [-0.1, -0.05) is 18.2 Å². The number of carbonyl (C=O) groups is 1. The molecule has 0 radical (unpaired) electrons. The Kier molecular flexibility index (Phi) is 3.50. The number of aliphatic carboxylic acids is 1. The lowest BCUT2D eigenvalue weighted by Crippen LogP contribution is -2.30. The van der Waals surface area contributed by atoms with Gasteiger partial charge in [-0.05, 0) is 23.8 Å². The van der Waals surface area contributed by atoms with Gasteiger partial charge in [0, 0.05) is 30.2 Å².